The van der Waals surface area contributed by atoms with Crippen LogP contribution < -0.4 is 0 Å². The van der Waals surface area contributed by atoms with Crippen LogP contribution in [0.1, 0.15) is 64.4 Å². The Morgan fingerprint density at radius 2 is 1.65 bits per heavy atom. The highest BCUT2D eigenvalue weighted by atomic mass is 32.2. The predicted molar refractivity (Wildman–Crippen MR) is 122 cm³/mol. The van der Waals surface area contributed by atoms with Crippen molar-refractivity contribution in [3.05, 3.63) is 29.8 Å². The van der Waals surface area contributed by atoms with Gasteiger partial charge in [-0.25, -0.2) is 16.8 Å². The molecule has 1 saturated heterocycles. The van der Waals surface area contributed by atoms with Gasteiger partial charge in [0.2, 0.25) is 10.0 Å². The lowest BCUT2D eigenvalue weighted by molar-refractivity contribution is -0.123. The molecular formula is C23H35NO5S2. The fourth-order valence-electron chi connectivity index (χ4n) is 4.59. The van der Waals surface area contributed by atoms with Crippen molar-refractivity contribution in [2.45, 2.75) is 75.4 Å². The van der Waals surface area contributed by atoms with Crippen LogP contribution in [-0.2, 0) is 31.1 Å². The molecule has 1 aliphatic heterocycles. The van der Waals surface area contributed by atoms with E-state index in [9.17, 15) is 21.6 Å². The molecule has 0 atom stereocenters. The molecule has 1 aliphatic carbocycles. The number of benzene rings is 1. The quantitative estimate of drug-likeness (QED) is 0.580. The van der Waals surface area contributed by atoms with Crippen molar-refractivity contribution in [3.63, 3.8) is 0 Å². The van der Waals surface area contributed by atoms with Gasteiger partial charge in [0.25, 0.3) is 0 Å². The molecule has 0 bridgehead atoms. The van der Waals surface area contributed by atoms with Gasteiger partial charge in [-0.1, -0.05) is 18.6 Å². The lowest BCUT2D eigenvalue weighted by Crippen LogP contribution is -2.35. The van der Waals surface area contributed by atoms with Gasteiger partial charge >= 0.3 is 0 Å². The van der Waals surface area contributed by atoms with Crippen molar-refractivity contribution in [2.24, 2.45) is 11.8 Å². The van der Waals surface area contributed by atoms with Gasteiger partial charge in [-0.3, -0.25) is 4.79 Å². The molecule has 31 heavy (non-hydrogen) atoms. The third kappa shape index (κ3) is 6.17. The van der Waals surface area contributed by atoms with Gasteiger partial charge in [0, 0.05) is 25.4 Å². The van der Waals surface area contributed by atoms with Crippen molar-refractivity contribution in [3.8, 4) is 0 Å². The maximum Gasteiger partial charge on any atom is 0.243 e. The van der Waals surface area contributed by atoms with Crippen LogP contribution in [0.5, 0.6) is 0 Å². The van der Waals surface area contributed by atoms with E-state index in [4.69, 9.17) is 0 Å². The molecule has 0 N–H and O–H groups in total. The first kappa shape index (κ1) is 24.4. The largest absolute Gasteiger partial charge is 0.299 e. The summed E-state index contributed by atoms with van der Waals surface area (Å²) in [4.78, 5) is 13.1. The van der Waals surface area contributed by atoms with Gasteiger partial charge in [-0.05, 0) is 76.0 Å². The summed E-state index contributed by atoms with van der Waals surface area (Å²) in [6, 6.07) is 6.78. The molecule has 2 aliphatic rings. The highest BCUT2D eigenvalue weighted by Gasteiger charge is 2.30. The topological polar surface area (TPSA) is 88.6 Å². The van der Waals surface area contributed by atoms with Gasteiger partial charge in [0.15, 0.2) is 9.84 Å². The van der Waals surface area contributed by atoms with Crippen molar-refractivity contribution < 1.29 is 21.6 Å². The average molecular weight is 470 g/mol. The number of Topliss-reactive ketones (excluding diaryl/α,β-unsaturated/α-hetero) is 1. The van der Waals surface area contributed by atoms with E-state index >= 15 is 0 Å². The van der Waals surface area contributed by atoms with E-state index in [1.165, 1.54) is 0 Å². The monoisotopic (exact) mass is 469 g/mol. The van der Waals surface area contributed by atoms with Crippen LogP contribution in [0.15, 0.2) is 29.2 Å². The van der Waals surface area contributed by atoms with E-state index in [0.29, 0.717) is 25.9 Å². The molecule has 3 rings (SSSR count). The molecule has 174 valence electrons. The molecule has 0 unspecified atom stereocenters. The number of carbonyl (C=O) groups excluding carboxylic acids is 1. The summed E-state index contributed by atoms with van der Waals surface area (Å²) in [6.45, 7) is 4.54. The highest BCUT2D eigenvalue weighted by Crippen LogP contribution is 2.32. The number of hydrogen-bond acceptors (Lipinski definition) is 5. The molecule has 1 heterocycles. The molecule has 0 amide bonds. The lowest BCUT2D eigenvalue weighted by Gasteiger charge is -2.28. The van der Waals surface area contributed by atoms with Crippen molar-refractivity contribution in [2.75, 3.05) is 18.8 Å². The van der Waals surface area contributed by atoms with Gasteiger partial charge in [0.1, 0.15) is 5.78 Å². The van der Waals surface area contributed by atoms with Crippen LogP contribution >= 0.6 is 0 Å². The fourth-order valence-corrected chi connectivity index (χ4v) is 7.55. The van der Waals surface area contributed by atoms with Crippen LogP contribution in [0.25, 0.3) is 0 Å². The minimum Gasteiger partial charge on any atom is -0.299 e. The summed E-state index contributed by atoms with van der Waals surface area (Å²) in [5.74, 6) is 0.398. The molecule has 6 nitrogen and oxygen atoms in total. The first-order chi connectivity index (χ1) is 14.6. The molecule has 0 aromatic heterocycles. The second-order valence-electron chi connectivity index (χ2n) is 9.35. The first-order valence-electron chi connectivity index (χ1n) is 11.4. The summed E-state index contributed by atoms with van der Waals surface area (Å²) in [7, 11) is -6.57. The Bertz CT molecular complexity index is 971. The van der Waals surface area contributed by atoms with Crippen molar-refractivity contribution >= 4 is 25.6 Å². The minimum atomic E-state index is -3.51. The number of piperidine rings is 1. The van der Waals surface area contributed by atoms with E-state index in [1.54, 1.807) is 36.4 Å². The van der Waals surface area contributed by atoms with Crippen LogP contribution in [0.2, 0.25) is 0 Å². The van der Waals surface area contributed by atoms with E-state index in [0.717, 1.165) is 37.7 Å². The number of carbonyl (C=O) groups is 1. The molecule has 0 radical (unpaired) electrons. The van der Waals surface area contributed by atoms with Gasteiger partial charge in [-0.2, -0.15) is 4.31 Å². The van der Waals surface area contributed by atoms with E-state index in [1.807, 2.05) is 6.07 Å². The zero-order chi connectivity index (χ0) is 22.6. The van der Waals surface area contributed by atoms with E-state index in [2.05, 4.69) is 0 Å². The highest BCUT2D eigenvalue weighted by molar-refractivity contribution is 7.92. The zero-order valence-electron chi connectivity index (χ0n) is 18.6. The maximum absolute atomic E-state index is 12.9. The third-order valence-corrected chi connectivity index (χ3v) is 11.0. The summed E-state index contributed by atoms with van der Waals surface area (Å²) in [5, 5.41) is -0.361. The van der Waals surface area contributed by atoms with E-state index < -0.39 is 19.9 Å². The number of rotatable bonds is 8. The molecule has 1 aromatic rings. The van der Waals surface area contributed by atoms with E-state index in [-0.39, 0.29) is 39.9 Å². The number of nitrogens with zero attached hydrogens (tertiary/aromatic N) is 1. The molecular weight excluding hydrogens is 434 g/mol. The van der Waals surface area contributed by atoms with Crippen LogP contribution in [-0.4, -0.2) is 51.0 Å². The van der Waals surface area contributed by atoms with Gasteiger partial charge < -0.3 is 0 Å². The molecule has 1 aromatic carbocycles. The molecule has 0 spiro atoms. The average Bonchev–Trinajstić information content (AvgIpc) is 2.74. The predicted octanol–water partition coefficient (Wildman–Crippen LogP) is 3.60. The summed E-state index contributed by atoms with van der Waals surface area (Å²) >= 11 is 0. The number of hydrogen-bond donors (Lipinski definition) is 0. The first-order valence-corrected chi connectivity index (χ1v) is 14.6. The normalized spacial score (nSPS) is 23.7. The second-order valence-corrected chi connectivity index (χ2v) is 13.9. The SMILES string of the molecule is CC(C)S(=O)(=O)CC1CCC(C(=O)Cc2cccc(S(=O)(=O)N3CCCCC3)c2)CC1. The van der Waals surface area contributed by atoms with Crippen molar-refractivity contribution in [1.82, 2.24) is 4.31 Å². The Hall–Kier alpha value is -1.25. The van der Waals surface area contributed by atoms with Crippen LogP contribution in [0, 0.1) is 11.8 Å². The molecule has 1 saturated carbocycles. The Morgan fingerprint density at radius 1 is 1.00 bits per heavy atom. The van der Waals surface area contributed by atoms with Gasteiger partial charge in [0.05, 0.1) is 15.9 Å². The number of sulfonamides is 1. The molecule has 8 heteroatoms. The Kier molecular flexibility index (Phi) is 7.97. The van der Waals surface area contributed by atoms with Crippen LogP contribution in [0.3, 0.4) is 0 Å². The lowest BCUT2D eigenvalue weighted by atomic mass is 9.79. The maximum atomic E-state index is 12.9. The third-order valence-electron chi connectivity index (χ3n) is 6.72. The smallest absolute Gasteiger partial charge is 0.243 e. The minimum absolute atomic E-state index is 0.0691. The standard InChI is InChI=1S/C23H35NO5S2/c1-18(2)30(26,27)17-19-9-11-21(12-10-19)23(25)16-20-7-6-8-22(15-20)31(28,29)24-13-4-3-5-14-24/h6-8,15,18-19,21H,3-5,9-14,16-17H2,1-2H3. The number of ketones is 1. The van der Waals surface area contributed by atoms with Crippen LogP contribution in [0.4, 0.5) is 0 Å². The summed E-state index contributed by atoms with van der Waals surface area (Å²) in [5.41, 5.74) is 0.729. The Labute approximate surface area is 187 Å². The fraction of sp³-hybridized carbons (Fsp3) is 0.696. The Morgan fingerprint density at radius 3 is 2.26 bits per heavy atom. The second kappa shape index (κ2) is 10.1. The molecule has 2 fully saturated rings. The van der Waals surface area contributed by atoms with Gasteiger partial charge in [-0.15, -0.1) is 0 Å². The Balaban J connectivity index is 1.59. The zero-order valence-corrected chi connectivity index (χ0v) is 20.3. The van der Waals surface area contributed by atoms with Crippen molar-refractivity contribution in [1.29, 1.82) is 0 Å². The summed E-state index contributed by atoms with van der Waals surface area (Å²) in [6.07, 6.45) is 6.00. The number of sulfone groups is 1. The summed E-state index contributed by atoms with van der Waals surface area (Å²) < 4.78 is 51.7.